The molecule has 2 aromatic carbocycles. The molecule has 2 heterocycles. The smallest absolute Gasteiger partial charge is 0.274 e. The van der Waals surface area contributed by atoms with E-state index in [1.54, 1.807) is 21.7 Å². The number of carbonyl (C=O) groups is 2. The number of fused-ring (bicyclic) bond motifs is 1. The summed E-state index contributed by atoms with van der Waals surface area (Å²) >= 11 is 0. The summed E-state index contributed by atoms with van der Waals surface area (Å²) in [5, 5.41) is 7.45. The third kappa shape index (κ3) is 5.09. The Hall–Kier alpha value is -3.59. The van der Waals surface area contributed by atoms with Crippen molar-refractivity contribution < 1.29 is 18.4 Å². The Morgan fingerprint density at radius 3 is 2.17 bits per heavy atom. The normalized spacial score (nSPS) is 16.1. The molecule has 0 radical (unpaired) electrons. The molecule has 5 rings (SSSR count). The fraction of sp³-hybridized carbons (Fsp3) is 0.346. The summed E-state index contributed by atoms with van der Waals surface area (Å²) in [7, 11) is 0. The first kappa shape index (κ1) is 23.2. The molecule has 1 fully saturated rings. The quantitative estimate of drug-likeness (QED) is 0.609. The fourth-order valence-corrected chi connectivity index (χ4v) is 4.76. The molecule has 182 valence electrons. The molecule has 2 amide bonds. The van der Waals surface area contributed by atoms with Crippen molar-refractivity contribution in [3.8, 4) is 5.69 Å². The number of halogens is 2. The van der Waals surface area contributed by atoms with Crippen molar-refractivity contribution >= 4 is 17.5 Å². The number of nitrogens with one attached hydrogen (secondary N) is 1. The van der Waals surface area contributed by atoms with Gasteiger partial charge >= 0.3 is 0 Å². The van der Waals surface area contributed by atoms with Crippen molar-refractivity contribution in [1.82, 2.24) is 19.6 Å². The molecule has 0 spiro atoms. The largest absolute Gasteiger partial charge is 0.335 e. The van der Waals surface area contributed by atoms with Crippen molar-refractivity contribution in [2.75, 3.05) is 38.0 Å². The van der Waals surface area contributed by atoms with Crippen LogP contribution in [0.1, 0.15) is 34.6 Å². The first-order chi connectivity index (χ1) is 17.0. The zero-order valence-corrected chi connectivity index (χ0v) is 19.3. The van der Waals surface area contributed by atoms with Crippen LogP contribution >= 0.6 is 0 Å². The second-order valence-corrected chi connectivity index (χ2v) is 8.99. The predicted octanol–water partition coefficient (Wildman–Crippen LogP) is 3.43. The van der Waals surface area contributed by atoms with E-state index in [4.69, 9.17) is 0 Å². The molecular formula is C26H27F2N5O2. The Morgan fingerprint density at radius 1 is 0.857 bits per heavy atom. The second-order valence-electron chi connectivity index (χ2n) is 8.99. The highest BCUT2D eigenvalue weighted by Gasteiger charge is 2.30. The van der Waals surface area contributed by atoms with Gasteiger partial charge in [0.05, 0.1) is 12.2 Å². The molecule has 3 aromatic rings. The van der Waals surface area contributed by atoms with Gasteiger partial charge in [0.15, 0.2) is 5.69 Å². The van der Waals surface area contributed by atoms with Gasteiger partial charge in [-0.2, -0.15) is 5.10 Å². The van der Waals surface area contributed by atoms with Gasteiger partial charge < -0.3 is 10.2 Å². The maximum Gasteiger partial charge on any atom is 0.274 e. The highest BCUT2D eigenvalue weighted by Crippen LogP contribution is 2.28. The highest BCUT2D eigenvalue weighted by molar-refractivity contribution is 5.94. The van der Waals surface area contributed by atoms with E-state index in [1.807, 2.05) is 4.90 Å². The van der Waals surface area contributed by atoms with Crippen LogP contribution in [0.2, 0.25) is 0 Å². The van der Waals surface area contributed by atoms with E-state index in [0.29, 0.717) is 37.6 Å². The highest BCUT2D eigenvalue weighted by atomic mass is 19.1. The Morgan fingerprint density at radius 2 is 1.49 bits per heavy atom. The minimum absolute atomic E-state index is 0.0978. The Labute approximate surface area is 202 Å². The van der Waals surface area contributed by atoms with Gasteiger partial charge in [-0.15, -0.1) is 0 Å². The molecule has 1 aliphatic carbocycles. The van der Waals surface area contributed by atoms with Gasteiger partial charge in [0.1, 0.15) is 11.6 Å². The number of aromatic nitrogens is 2. The molecule has 1 aliphatic heterocycles. The van der Waals surface area contributed by atoms with E-state index in [0.717, 1.165) is 42.6 Å². The molecule has 1 N–H and O–H groups in total. The Balaban J connectivity index is 1.23. The molecule has 0 saturated carbocycles. The zero-order chi connectivity index (χ0) is 24.4. The topological polar surface area (TPSA) is 70.5 Å². The number of amides is 2. The van der Waals surface area contributed by atoms with Crippen LogP contribution < -0.4 is 5.32 Å². The van der Waals surface area contributed by atoms with Crippen LogP contribution in [0.25, 0.3) is 5.69 Å². The van der Waals surface area contributed by atoms with Crippen molar-refractivity contribution in [3.63, 3.8) is 0 Å². The van der Waals surface area contributed by atoms with Gasteiger partial charge in [-0.1, -0.05) is 0 Å². The molecule has 0 unspecified atom stereocenters. The van der Waals surface area contributed by atoms with Crippen molar-refractivity contribution in [2.45, 2.75) is 25.7 Å². The lowest BCUT2D eigenvalue weighted by Gasteiger charge is -2.34. The van der Waals surface area contributed by atoms with Gasteiger partial charge in [-0.25, -0.2) is 13.5 Å². The first-order valence-corrected chi connectivity index (χ1v) is 11.9. The number of benzene rings is 2. The van der Waals surface area contributed by atoms with Gasteiger partial charge in [-0.3, -0.25) is 14.5 Å². The number of hydrogen-bond acceptors (Lipinski definition) is 4. The average molecular weight is 480 g/mol. The number of hydrogen-bond donors (Lipinski definition) is 1. The van der Waals surface area contributed by atoms with E-state index in [1.165, 1.54) is 36.4 Å². The standard InChI is InChI=1S/C26H27F2N5O2/c27-18-5-9-20(10-6-18)29-24(34)17-31-13-15-32(16-14-31)26(35)25-22-3-1-2-4-23(22)33(30-25)21-11-7-19(28)8-12-21/h5-12H,1-4,13-17H2,(H,29,34). The molecule has 7 nitrogen and oxygen atoms in total. The first-order valence-electron chi connectivity index (χ1n) is 11.9. The van der Waals surface area contributed by atoms with Crippen molar-refractivity contribution in [1.29, 1.82) is 0 Å². The minimum atomic E-state index is -0.354. The molecule has 0 atom stereocenters. The molecule has 9 heteroatoms. The number of piperazine rings is 1. The minimum Gasteiger partial charge on any atom is -0.335 e. The lowest BCUT2D eigenvalue weighted by Crippen LogP contribution is -2.50. The van der Waals surface area contributed by atoms with E-state index < -0.39 is 0 Å². The van der Waals surface area contributed by atoms with E-state index in [2.05, 4.69) is 10.4 Å². The Kier molecular flexibility index (Phi) is 6.59. The van der Waals surface area contributed by atoms with Crippen LogP contribution in [0.15, 0.2) is 48.5 Å². The third-order valence-electron chi connectivity index (χ3n) is 6.61. The zero-order valence-electron chi connectivity index (χ0n) is 19.3. The summed E-state index contributed by atoms with van der Waals surface area (Å²) in [6, 6.07) is 11.8. The molecule has 35 heavy (non-hydrogen) atoms. The van der Waals surface area contributed by atoms with Crippen LogP contribution in [0.4, 0.5) is 14.5 Å². The average Bonchev–Trinajstić information content (AvgIpc) is 3.26. The number of carbonyl (C=O) groups excluding carboxylic acids is 2. The summed E-state index contributed by atoms with van der Waals surface area (Å²) in [5.74, 6) is -0.939. The second kappa shape index (κ2) is 9.95. The maximum atomic E-state index is 13.4. The summed E-state index contributed by atoms with van der Waals surface area (Å²) in [5.41, 5.74) is 3.80. The molecular weight excluding hydrogens is 452 g/mol. The van der Waals surface area contributed by atoms with Gasteiger partial charge in [0, 0.05) is 43.1 Å². The van der Waals surface area contributed by atoms with E-state index in [-0.39, 0.29) is 30.0 Å². The lowest BCUT2D eigenvalue weighted by atomic mass is 9.95. The SMILES string of the molecule is O=C(CN1CCN(C(=O)c2nn(-c3ccc(F)cc3)c3c2CCCC3)CC1)Nc1ccc(F)cc1. The van der Waals surface area contributed by atoms with Gasteiger partial charge in [0.25, 0.3) is 5.91 Å². The fourth-order valence-electron chi connectivity index (χ4n) is 4.76. The van der Waals surface area contributed by atoms with E-state index in [9.17, 15) is 18.4 Å². The van der Waals surface area contributed by atoms with Crippen LogP contribution in [0.5, 0.6) is 0 Å². The summed E-state index contributed by atoms with van der Waals surface area (Å²) in [6.45, 7) is 2.35. The molecule has 2 aliphatic rings. The van der Waals surface area contributed by atoms with Crippen LogP contribution in [0.3, 0.4) is 0 Å². The van der Waals surface area contributed by atoms with Crippen LogP contribution in [-0.2, 0) is 17.6 Å². The molecule has 1 saturated heterocycles. The monoisotopic (exact) mass is 479 g/mol. The van der Waals surface area contributed by atoms with Crippen molar-refractivity contribution in [3.05, 3.63) is 77.1 Å². The molecule has 1 aromatic heterocycles. The summed E-state index contributed by atoms with van der Waals surface area (Å²) in [4.78, 5) is 29.6. The van der Waals surface area contributed by atoms with Crippen LogP contribution in [-0.4, -0.2) is 64.1 Å². The molecule has 0 bridgehead atoms. The predicted molar refractivity (Wildman–Crippen MR) is 128 cm³/mol. The van der Waals surface area contributed by atoms with Crippen LogP contribution in [0, 0.1) is 11.6 Å². The lowest BCUT2D eigenvalue weighted by molar-refractivity contribution is -0.117. The van der Waals surface area contributed by atoms with E-state index >= 15 is 0 Å². The third-order valence-corrected chi connectivity index (χ3v) is 6.61. The maximum absolute atomic E-state index is 13.4. The van der Waals surface area contributed by atoms with Gasteiger partial charge in [0.2, 0.25) is 5.91 Å². The number of nitrogens with zero attached hydrogens (tertiary/aromatic N) is 4. The number of rotatable bonds is 5. The summed E-state index contributed by atoms with van der Waals surface area (Å²) in [6.07, 6.45) is 3.69. The van der Waals surface area contributed by atoms with Gasteiger partial charge in [-0.05, 0) is 74.2 Å². The number of anilines is 1. The summed E-state index contributed by atoms with van der Waals surface area (Å²) < 4.78 is 28.3. The van der Waals surface area contributed by atoms with Crippen molar-refractivity contribution in [2.24, 2.45) is 0 Å². The Bertz CT molecular complexity index is 1220.